The van der Waals surface area contributed by atoms with Crippen molar-refractivity contribution in [3.8, 4) is 0 Å². The maximum Gasteiger partial charge on any atom is 0.327 e. The summed E-state index contributed by atoms with van der Waals surface area (Å²) in [6.45, 7) is 4.31. The van der Waals surface area contributed by atoms with Crippen LogP contribution in [0.4, 0.5) is 0 Å². The summed E-state index contributed by atoms with van der Waals surface area (Å²) in [5, 5.41) is 4.04. The lowest BCUT2D eigenvalue weighted by Gasteiger charge is -2.08. The first-order valence-corrected chi connectivity index (χ1v) is 4.23. The molecule has 0 unspecified atom stereocenters. The van der Waals surface area contributed by atoms with E-state index in [4.69, 9.17) is 0 Å². The highest BCUT2D eigenvalue weighted by molar-refractivity contribution is 5.68. The smallest absolute Gasteiger partial charge is 0.327 e. The number of carbonyl (C=O) groups is 1. The molecule has 1 heterocycles. The first-order chi connectivity index (χ1) is 6.15. The molecule has 0 atom stereocenters. The van der Waals surface area contributed by atoms with Gasteiger partial charge in [-0.15, -0.1) is 0 Å². The predicted molar refractivity (Wildman–Crippen MR) is 48.3 cm³/mol. The molecule has 4 heteroatoms. The number of nitrogens with zero attached hydrogens (tertiary/aromatic N) is 2. The molecule has 13 heavy (non-hydrogen) atoms. The first kappa shape index (κ1) is 9.77. The van der Waals surface area contributed by atoms with Crippen molar-refractivity contribution in [1.29, 1.82) is 0 Å². The van der Waals surface area contributed by atoms with Crippen LogP contribution in [0.5, 0.6) is 0 Å². The number of carbonyl (C=O) groups excluding carboxylic acids is 1. The van der Waals surface area contributed by atoms with Gasteiger partial charge in [-0.3, -0.25) is 9.48 Å². The van der Waals surface area contributed by atoms with Crippen molar-refractivity contribution in [1.82, 2.24) is 9.78 Å². The average Bonchev–Trinajstić information content (AvgIpc) is 2.52. The van der Waals surface area contributed by atoms with E-state index in [2.05, 4.69) is 23.7 Å². The minimum absolute atomic E-state index is 0.191. The number of esters is 1. The summed E-state index contributed by atoms with van der Waals surface area (Å²) >= 11 is 0. The highest BCUT2D eigenvalue weighted by Gasteiger charge is 2.09. The molecule has 0 fully saturated rings. The van der Waals surface area contributed by atoms with Crippen LogP contribution < -0.4 is 0 Å². The van der Waals surface area contributed by atoms with Gasteiger partial charge in [-0.1, -0.05) is 13.8 Å². The standard InChI is InChI=1S/C9H14N2O2/c1-7(2)8-4-5-10-11(8)6-9(12)13-3/h4-5,7H,6H2,1-3H3. The largest absolute Gasteiger partial charge is 0.468 e. The molecule has 0 aliphatic carbocycles. The summed E-state index contributed by atoms with van der Waals surface area (Å²) in [6.07, 6.45) is 1.69. The van der Waals surface area contributed by atoms with Crippen LogP contribution in [0, 0.1) is 0 Å². The van der Waals surface area contributed by atoms with Crippen molar-refractivity contribution in [2.75, 3.05) is 7.11 Å². The second kappa shape index (κ2) is 4.07. The molecule has 0 aliphatic rings. The Morgan fingerprint density at radius 2 is 2.38 bits per heavy atom. The fourth-order valence-electron chi connectivity index (χ4n) is 1.15. The number of hydrogen-bond acceptors (Lipinski definition) is 3. The molecule has 72 valence electrons. The van der Waals surface area contributed by atoms with Crippen LogP contribution in [0.15, 0.2) is 12.3 Å². The minimum Gasteiger partial charge on any atom is -0.468 e. The minimum atomic E-state index is -0.273. The van der Waals surface area contributed by atoms with Gasteiger partial charge in [-0.05, 0) is 12.0 Å². The summed E-state index contributed by atoms with van der Waals surface area (Å²) in [6, 6.07) is 1.91. The van der Waals surface area contributed by atoms with E-state index >= 15 is 0 Å². The lowest BCUT2D eigenvalue weighted by Crippen LogP contribution is -2.15. The Labute approximate surface area is 77.5 Å². The molecule has 4 nitrogen and oxygen atoms in total. The molecule has 1 aromatic rings. The molecular weight excluding hydrogens is 168 g/mol. The summed E-state index contributed by atoms with van der Waals surface area (Å²) in [5.74, 6) is 0.0951. The fourth-order valence-corrected chi connectivity index (χ4v) is 1.15. The molecule has 0 saturated heterocycles. The molecule has 0 aliphatic heterocycles. The van der Waals surface area contributed by atoms with Crippen LogP contribution >= 0.6 is 0 Å². The quantitative estimate of drug-likeness (QED) is 0.659. The van der Waals surface area contributed by atoms with E-state index in [-0.39, 0.29) is 12.5 Å². The molecule has 0 N–H and O–H groups in total. The van der Waals surface area contributed by atoms with Gasteiger partial charge in [0.15, 0.2) is 0 Å². The predicted octanol–water partition coefficient (Wildman–Crippen LogP) is 1.18. The Bertz CT molecular complexity index is 292. The summed E-state index contributed by atoms with van der Waals surface area (Å²) in [7, 11) is 1.38. The average molecular weight is 182 g/mol. The van der Waals surface area contributed by atoms with Crippen molar-refractivity contribution in [3.05, 3.63) is 18.0 Å². The number of rotatable bonds is 3. The van der Waals surface area contributed by atoms with Gasteiger partial charge in [0.05, 0.1) is 7.11 Å². The van der Waals surface area contributed by atoms with E-state index in [9.17, 15) is 4.79 Å². The van der Waals surface area contributed by atoms with Crippen LogP contribution in [-0.4, -0.2) is 22.9 Å². The highest BCUT2D eigenvalue weighted by atomic mass is 16.5. The van der Waals surface area contributed by atoms with Crippen molar-refractivity contribution < 1.29 is 9.53 Å². The second-order valence-electron chi connectivity index (χ2n) is 3.14. The number of hydrogen-bond donors (Lipinski definition) is 0. The van der Waals surface area contributed by atoms with Crippen molar-refractivity contribution in [3.63, 3.8) is 0 Å². The Morgan fingerprint density at radius 1 is 1.69 bits per heavy atom. The zero-order valence-corrected chi connectivity index (χ0v) is 8.15. The van der Waals surface area contributed by atoms with Crippen molar-refractivity contribution in [2.45, 2.75) is 26.3 Å². The van der Waals surface area contributed by atoms with Crippen LogP contribution in [0.3, 0.4) is 0 Å². The Kier molecular flexibility index (Phi) is 3.06. The van der Waals surface area contributed by atoms with Crippen LogP contribution in [0.2, 0.25) is 0 Å². The molecule has 0 saturated carbocycles. The van der Waals surface area contributed by atoms with Gasteiger partial charge < -0.3 is 4.74 Å². The molecule has 1 aromatic heterocycles. The van der Waals surface area contributed by atoms with Gasteiger partial charge in [-0.2, -0.15) is 5.10 Å². The van der Waals surface area contributed by atoms with Crippen molar-refractivity contribution in [2.24, 2.45) is 0 Å². The van der Waals surface area contributed by atoms with Gasteiger partial charge >= 0.3 is 5.97 Å². The van der Waals surface area contributed by atoms with E-state index in [1.54, 1.807) is 10.9 Å². The lowest BCUT2D eigenvalue weighted by atomic mass is 10.1. The molecule has 0 radical (unpaired) electrons. The van der Waals surface area contributed by atoms with Gasteiger partial charge in [0, 0.05) is 11.9 Å². The summed E-state index contributed by atoms with van der Waals surface area (Å²) in [4.78, 5) is 11.0. The van der Waals surface area contributed by atoms with E-state index in [0.29, 0.717) is 5.92 Å². The van der Waals surface area contributed by atoms with Crippen LogP contribution in [-0.2, 0) is 16.1 Å². The lowest BCUT2D eigenvalue weighted by molar-refractivity contribution is -0.141. The van der Waals surface area contributed by atoms with Gasteiger partial charge in [0.25, 0.3) is 0 Å². The molecule has 0 amide bonds. The van der Waals surface area contributed by atoms with E-state index in [1.807, 2.05) is 6.07 Å². The third kappa shape index (κ3) is 2.31. The molecule has 0 bridgehead atoms. The summed E-state index contributed by atoms with van der Waals surface area (Å²) in [5.41, 5.74) is 1.05. The third-order valence-corrected chi connectivity index (χ3v) is 1.85. The van der Waals surface area contributed by atoms with Gasteiger partial charge in [-0.25, -0.2) is 0 Å². The Hall–Kier alpha value is -1.32. The second-order valence-corrected chi connectivity index (χ2v) is 3.14. The van der Waals surface area contributed by atoms with E-state index < -0.39 is 0 Å². The monoisotopic (exact) mass is 182 g/mol. The van der Waals surface area contributed by atoms with E-state index in [1.165, 1.54) is 7.11 Å². The maximum absolute atomic E-state index is 11.0. The molecule has 0 spiro atoms. The topological polar surface area (TPSA) is 44.1 Å². The van der Waals surface area contributed by atoms with Crippen molar-refractivity contribution >= 4 is 5.97 Å². The normalized spacial score (nSPS) is 10.5. The Balaban J connectivity index is 2.76. The first-order valence-electron chi connectivity index (χ1n) is 4.23. The number of methoxy groups -OCH3 is 1. The van der Waals surface area contributed by atoms with Crippen LogP contribution in [0.25, 0.3) is 0 Å². The third-order valence-electron chi connectivity index (χ3n) is 1.85. The zero-order valence-electron chi connectivity index (χ0n) is 8.15. The van der Waals surface area contributed by atoms with Gasteiger partial charge in [0.2, 0.25) is 0 Å². The fraction of sp³-hybridized carbons (Fsp3) is 0.556. The molecule has 1 rings (SSSR count). The number of aromatic nitrogens is 2. The number of ether oxygens (including phenoxy) is 1. The SMILES string of the molecule is COC(=O)Cn1nccc1C(C)C. The maximum atomic E-state index is 11.0. The van der Waals surface area contributed by atoms with Gasteiger partial charge in [0.1, 0.15) is 6.54 Å². The Morgan fingerprint density at radius 3 is 2.92 bits per heavy atom. The molecule has 0 aromatic carbocycles. The molecular formula is C9H14N2O2. The summed E-state index contributed by atoms with van der Waals surface area (Å²) < 4.78 is 6.22. The van der Waals surface area contributed by atoms with E-state index in [0.717, 1.165) is 5.69 Å². The zero-order chi connectivity index (χ0) is 9.84. The van der Waals surface area contributed by atoms with Crippen LogP contribution in [0.1, 0.15) is 25.5 Å². The highest BCUT2D eigenvalue weighted by Crippen LogP contribution is 2.12.